The first-order valence-corrected chi connectivity index (χ1v) is 8.26. The molecule has 0 radical (unpaired) electrons. The molecule has 1 aromatic heterocycles. The molecule has 0 fully saturated rings. The van der Waals surface area contributed by atoms with Gasteiger partial charge in [-0.1, -0.05) is 39.3 Å². The normalized spacial score (nSPS) is 11.1. The van der Waals surface area contributed by atoms with Gasteiger partial charge >= 0.3 is 0 Å². The van der Waals surface area contributed by atoms with E-state index in [1.54, 1.807) is 11.3 Å². The molecule has 0 aliphatic heterocycles. The average molecular weight is 305 g/mol. The maximum atomic E-state index is 9.36. The van der Waals surface area contributed by atoms with E-state index in [0.717, 1.165) is 34.2 Å². The van der Waals surface area contributed by atoms with Crippen molar-refractivity contribution in [2.45, 2.75) is 52.7 Å². The Morgan fingerprint density at radius 1 is 1.24 bits per heavy atom. The van der Waals surface area contributed by atoms with Crippen molar-refractivity contribution < 1.29 is 9.84 Å². The molecule has 1 aromatic carbocycles. The molecule has 21 heavy (non-hydrogen) atoms. The lowest BCUT2D eigenvalue weighted by Gasteiger charge is -2.07. The number of aromatic nitrogens is 1. The molecule has 0 saturated heterocycles. The summed E-state index contributed by atoms with van der Waals surface area (Å²) in [5.74, 6) is 1.39. The molecule has 1 heterocycles. The zero-order valence-corrected chi connectivity index (χ0v) is 13.7. The van der Waals surface area contributed by atoms with Crippen LogP contribution in [0.4, 0.5) is 0 Å². The number of hydrogen-bond acceptors (Lipinski definition) is 4. The van der Waals surface area contributed by atoms with Crippen molar-refractivity contribution in [1.82, 2.24) is 4.98 Å². The van der Waals surface area contributed by atoms with Gasteiger partial charge in [-0.3, -0.25) is 0 Å². The van der Waals surface area contributed by atoms with Crippen molar-refractivity contribution >= 4 is 11.3 Å². The Bertz CT molecular complexity index is 561. The van der Waals surface area contributed by atoms with Crippen molar-refractivity contribution in [3.05, 3.63) is 45.4 Å². The van der Waals surface area contributed by atoms with Crippen LogP contribution in [-0.2, 0) is 19.6 Å². The average Bonchev–Trinajstić information content (AvgIpc) is 2.88. The fourth-order valence-corrected chi connectivity index (χ4v) is 3.04. The summed E-state index contributed by atoms with van der Waals surface area (Å²) in [5, 5.41) is 10.3. The minimum Gasteiger partial charge on any atom is -0.486 e. The predicted molar refractivity (Wildman–Crippen MR) is 86.9 cm³/mol. The smallest absolute Gasteiger partial charge is 0.140 e. The van der Waals surface area contributed by atoms with Crippen LogP contribution < -0.4 is 4.74 Å². The molecule has 2 aromatic rings. The largest absolute Gasteiger partial charge is 0.486 e. The lowest BCUT2D eigenvalue weighted by Crippen LogP contribution is -1.96. The Morgan fingerprint density at radius 3 is 2.52 bits per heavy atom. The van der Waals surface area contributed by atoms with E-state index in [0.29, 0.717) is 12.5 Å². The minimum absolute atomic E-state index is 0.0656. The summed E-state index contributed by atoms with van der Waals surface area (Å²) in [7, 11) is 0. The second-order valence-electron chi connectivity index (χ2n) is 5.40. The van der Waals surface area contributed by atoms with Gasteiger partial charge in [0.15, 0.2) is 0 Å². The number of aliphatic hydroxyl groups is 1. The zero-order valence-electron chi connectivity index (χ0n) is 12.9. The number of hydrogen-bond donors (Lipinski definition) is 1. The second kappa shape index (κ2) is 7.57. The highest BCUT2D eigenvalue weighted by molar-refractivity contribution is 7.11. The van der Waals surface area contributed by atoms with E-state index < -0.39 is 0 Å². The van der Waals surface area contributed by atoms with Crippen LogP contribution >= 0.6 is 11.3 Å². The fourth-order valence-electron chi connectivity index (χ4n) is 2.15. The number of aliphatic hydroxyl groups excluding tert-OH is 1. The number of nitrogens with zero attached hydrogens (tertiary/aromatic N) is 1. The maximum absolute atomic E-state index is 9.36. The Balaban J connectivity index is 1.99. The van der Waals surface area contributed by atoms with E-state index in [1.165, 1.54) is 5.56 Å². The van der Waals surface area contributed by atoms with Crippen molar-refractivity contribution in [2.24, 2.45) is 0 Å². The van der Waals surface area contributed by atoms with Gasteiger partial charge < -0.3 is 9.84 Å². The van der Waals surface area contributed by atoms with Gasteiger partial charge in [0.25, 0.3) is 0 Å². The van der Waals surface area contributed by atoms with Crippen molar-refractivity contribution in [3.63, 3.8) is 0 Å². The lowest BCUT2D eigenvalue weighted by atomic mass is 10.0. The van der Waals surface area contributed by atoms with Crippen LogP contribution in [0.2, 0.25) is 0 Å². The van der Waals surface area contributed by atoms with Crippen LogP contribution in [0.3, 0.4) is 0 Å². The van der Waals surface area contributed by atoms with Gasteiger partial charge in [0, 0.05) is 0 Å². The van der Waals surface area contributed by atoms with Crippen LogP contribution in [0.1, 0.15) is 54.3 Å². The van der Waals surface area contributed by atoms with Gasteiger partial charge in [-0.05, 0) is 30.0 Å². The third-order valence-corrected chi connectivity index (χ3v) is 4.42. The molecule has 114 valence electrons. The van der Waals surface area contributed by atoms with Crippen LogP contribution in [-0.4, -0.2) is 10.1 Å². The molecule has 0 spiro atoms. The molecule has 0 aliphatic carbocycles. The number of ether oxygens (including phenoxy) is 1. The van der Waals surface area contributed by atoms with E-state index in [2.05, 4.69) is 37.9 Å². The van der Waals surface area contributed by atoms with Gasteiger partial charge in [0.05, 0.1) is 17.2 Å². The summed E-state index contributed by atoms with van der Waals surface area (Å²) in [6.45, 7) is 7.00. The molecule has 1 N–H and O–H groups in total. The summed E-state index contributed by atoms with van der Waals surface area (Å²) in [5.41, 5.74) is 2.32. The fraction of sp³-hybridized carbons (Fsp3) is 0.471. The quantitative estimate of drug-likeness (QED) is 0.829. The van der Waals surface area contributed by atoms with Crippen LogP contribution in [0.25, 0.3) is 0 Å². The molecule has 3 nitrogen and oxygen atoms in total. The Hall–Kier alpha value is -1.39. The molecule has 0 saturated carbocycles. The molecular formula is C17H23NO2S. The Kier molecular flexibility index (Phi) is 5.76. The SMILES string of the molecule is CCCc1nc(COc2ccc(C(C)C)cc2)sc1CO. The second-order valence-corrected chi connectivity index (χ2v) is 6.57. The first kappa shape index (κ1) is 16.0. The maximum Gasteiger partial charge on any atom is 0.140 e. The first-order valence-electron chi connectivity index (χ1n) is 7.45. The molecule has 0 aliphatic rings. The highest BCUT2D eigenvalue weighted by Gasteiger charge is 2.10. The van der Waals surface area contributed by atoms with Crippen LogP contribution in [0.15, 0.2) is 24.3 Å². The van der Waals surface area contributed by atoms with Crippen LogP contribution in [0.5, 0.6) is 5.75 Å². The minimum atomic E-state index is 0.0656. The van der Waals surface area contributed by atoms with Crippen LogP contribution in [0, 0.1) is 0 Å². The Morgan fingerprint density at radius 2 is 1.95 bits per heavy atom. The van der Waals surface area contributed by atoms with Gasteiger partial charge in [0.2, 0.25) is 0 Å². The summed E-state index contributed by atoms with van der Waals surface area (Å²) >= 11 is 1.54. The van der Waals surface area contributed by atoms with E-state index >= 15 is 0 Å². The molecule has 0 amide bonds. The number of benzene rings is 1. The zero-order chi connectivity index (χ0) is 15.2. The summed E-state index contributed by atoms with van der Waals surface area (Å²) < 4.78 is 5.78. The third kappa shape index (κ3) is 4.29. The number of aryl methyl sites for hydroxylation is 1. The number of thiazole rings is 1. The predicted octanol–water partition coefficient (Wildman–Crippen LogP) is 4.29. The van der Waals surface area contributed by atoms with Crippen molar-refractivity contribution in [3.8, 4) is 5.75 Å². The van der Waals surface area contributed by atoms with Crippen molar-refractivity contribution in [2.75, 3.05) is 0 Å². The van der Waals surface area contributed by atoms with E-state index in [-0.39, 0.29) is 6.61 Å². The van der Waals surface area contributed by atoms with Gasteiger partial charge in [-0.2, -0.15) is 0 Å². The summed E-state index contributed by atoms with van der Waals surface area (Å²) in [6, 6.07) is 8.21. The first-order chi connectivity index (χ1) is 10.1. The lowest BCUT2D eigenvalue weighted by molar-refractivity contribution is 0.284. The van der Waals surface area contributed by atoms with E-state index in [4.69, 9.17) is 4.74 Å². The molecule has 2 rings (SSSR count). The highest BCUT2D eigenvalue weighted by atomic mass is 32.1. The monoisotopic (exact) mass is 305 g/mol. The molecule has 0 atom stereocenters. The van der Waals surface area contributed by atoms with Gasteiger partial charge in [-0.15, -0.1) is 11.3 Å². The van der Waals surface area contributed by atoms with Gasteiger partial charge in [-0.25, -0.2) is 4.98 Å². The van der Waals surface area contributed by atoms with Gasteiger partial charge in [0.1, 0.15) is 17.4 Å². The standard InChI is InChI=1S/C17H23NO2S/c1-4-5-15-16(10-19)21-17(18-15)11-20-14-8-6-13(7-9-14)12(2)3/h6-9,12,19H,4-5,10-11H2,1-3H3. The Labute approximate surface area is 130 Å². The molecule has 0 bridgehead atoms. The van der Waals surface area contributed by atoms with E-state index in [1.807, 2.05) is 12.1 Å². The third-order valence-electron chi connectivity index (χ3n) is 3.36. The molecule has 0 unspecified atom stereocenters. The molecule has 4 heteroatoms. The van der Waals surface area contributed by atoms with E-state index in [9.17, 15) is 5.11 Å². The topological polar surface area (TPSA) is 42.4 Å². The highest BCUT2D eigenvalue weighted by Crippen LogP contribution is 2.23. The molecular weight excluding hydrogens is 282 g/mol. The van der Waals surface area contributed by atoms with Crippen molar-refractivity contribution in [1.29, 1.82) is 0 Å². The summed E-state index contributed by atoms with van der Waals surface area (Å²) in [4.78, 5) is 5.53. The summed E-state index contributed by atoms with van der Waals surface area (Å²) in [6.07, 6.45) is 1.95. The number of rotatable bonds is 7.